The van der Waals surface area contributed by atoms with Crippen LogP contribution in [0.25, 0.3) is 5.95 Å². The number of nitrogens with two attached hydrogens (primary N) is 1. The van der Waals surface area contributed by atoms with E-state index in [0.717, 1.165) is 11.6 Å². The van der Waals surface area contributed by atoms with Gasteiger partial charge in [0.05, 0.1) is 14.2 Å². The summed E-state index contributed by atoms with van der Waals surface area (Å²) in [6, 6.07) is 9.97. The molecule has 0 fully saturated rings. The number of carboxylic acid groups (broad SMARTS) is 1. The topological polar surface area (TPSA) is 194 Å². The summed E-state index contributed by atoms with van der Waals surface area (Å²) < 4.78 is 26.7. The molecule has 0 spiro atoms. The molecule has 14 heteroatoms. The van der Waals surface area contributed by atoms with Gasteiger partial charge in [0.1, 0.15) is 17.7 Å². The number of ether oxygens (including phenoxy) is 2. The highest BCUT2D eigenvalue weighted by atomic mass is 19.1. The van der Waals surface area contributed by atoms with Gasteiger partial charge in [-0.25, -0.2) is 19.2 Å². The number of hydrogen-bond acceptors (Lipinski definition) is 9. The highest BCUT2D eigenvalue weighted by molar-refractivity contribution is 5.95. The van der Waals surface area contributed by atoms with Crippen LogP contribution in [0.4, 0.5) is 10.1 Å². The first-order valence-corrected chi connectivity index (χ1v) is 10.9. The quantitative estimate of drug-likeness (QED) is 0.168. The average molecular weight is 525 g/mol. The molecule has 0 amide bonds. The Morgan fingerprint density at radius 2 is 1.74 bits per heavy atom. The average Bonchev–Trinajstić information content (AvgIpc) is 3.29. The fraction of sp³-hybridized carbons (Fsp3) is 0.167. The van der Waals surface area contributed by atoms with Crippen LogP contribution in [-0.2, 0) is 4.79 Å². The van der Waals surface area contributed by atoms with Gasteiger partial charge in [0.15, 0.2) is 17.3 Å². The fourth-order valence-corrected chi connectivity index (χ4v) is 3.30. The van der Waals surface area contributed by atoms with Crippen LogP contribution in [-0.4, -0.2) is 55.9 Å². The number of methoxy groups -OCH3 is 2. The number of nitrogen functional groups attached to an aromatic ring is 1. The lowest BCUT2D eigenvalue weighted by Crippen LogP contribution is -2.18. The number of aromatic amines is 1. The van der Waals surface area contributed by atoms with Crippen molar-refractivity contribution in [2.24, 2.45) is 5.73 Å². The second kappa shape index (κ2) is 12.1. The first-order chi connectivity index (χ1) is 18.1. The second-order valence-electron chi connectivity index (χ2n) is 7.59. The minimum Gasteiger partial charge on any atom is -0.493 e. The molecular formula is C24H25FN8O5. The van der Waals surface area contributed by atoms with E-state index in [0.29, 0.717) is 17.0 Å². The zero-order valence-electron chi connectivity index (χ0n) is 20.6. The molecule has 4 aromatic rings. The smallest absolute Gasteiger partial charge is 0.350 e. The van der Waals surface area contributed by atoms with Crippen LogP contribution in [0.2, 0.25) is 0 Å². The van der Waals surface area contributed by atoms with E-state index in [1.807, 2.05) is 0 Å². The summed E-state index contributed by atoms with van der Waals surface area (Å²) in [5.41, 5.74) is 6.16. The molecular weight excluding hydrogens is 499 g/mol. The number of carboxylic acids is 1. The molecule has 0 radical (unpaired) electrons. The number of carbonyl (C=O) groups is 1. The Labute approximate surface area is 215 Å². The van der Waals surface area contributed by atoms with Gasteiger partial charge in [0, 0.05) is 42.2 Å². The van der Waals surface area contributed by atoms with E-state index in [1.54, 1.807) is 30.3 Å². The van der Waals surface area contributed by atoms with Gasteiger partial charge in [0.2, 0.25) is 0 Å². The lowest BCUT2D eigenvalue weighted by atomic mass is 10.0. The normalized spacial score (nSPS) is 11.1. The molecule has 2 aromatic heterocycles. The van der Waals surface area contributed by atoms with Crippen molar-refractivity contribution in [2.45, 2.75) is 13.0 Å². The number of aromatic nitrogens is 5. The summed E-state index contributed by atoms with van der Waals surface area (Å²) >= 11 is 0. The predicted molar refractivity (Wildman–Crippen MR) is 136 cm³/mol. The number of nitrogens with zero attached hydrogens (tertiary/aromatic N) is 4. The Morgan fingerprint density at radius 3 is 2.29 bits per heavy atom. The number of nitrogens with one attached hydrogen (secondary N) is 3. The summed E-state index contributed by atoms with van der Waals surface area (Å²) in [5.74, 6) is -0.843. The molecule has 0 saturated heterocycles. The maximum absolute atomic E-state index is 15.2. The van der Waals surface area contributed by atoms with Crippen LogP contribution >= 0.6 is 0 Å². The number of halogens is 1. The molecule has 0 saturated carbocycles. The molecule has 4 rings (SSSR count). The van der Waals surface area contributed by atoms with Gasteiger partial charge in [-0.1, -0.05) is 0 Å². The van der Waals surface area contributed by atoms with Crippen molar-refractivity contribution < 1.29 is 23.8 Å². The van der Waals surface area contributed by atoms with Gasteiger partial charge >= 0.3 is 5.69 Å². The highest BCUT2D eigenvalue weighted by Crippen LogP contribution is 2.35. The number of anilines is 1. The second-order valence-corrected chi connectivity index (χ2v) is 7.59. The Morgan fingerprint density at radius 1 is 1.16 bits per heavy atom. The summed E-state index contributed by atoms with van der Waals surface area (Å²) in [4.78, 5) is 32.3. The molecule has 0 aliphatic carbocycles. The van der Waals surface area contributed by atoms with Crippen molar-refractivity contribution in [2.75, 3.05) is 19.5 Å². The van der Waals surface area contributed by atoms with Gasteiger partial charge in [-0.3, -0.25) is 15.2 Å². The van der Waals surface area contributed by atoms with Crippen LogP contribution in [0.5, 0.6) is 11.5 Å². The lowest BCUT2D eigenvalue weighted by Gasteiger charge is -2.20. The predicted octanol–water partition coefficient (Wildman–Crippen LogP) is 2.08. The van der Waals surface area contributed by atoms with E-state index < -0.39 is 23.5 Å². The van der Waals surface area contributed by atoms with E-state index in [9.17, 15) is 4.79 Å². The van der Waals surface area contributed by atoms with Crippen molar-refractivity contribution in [3.63, 3.8) is 0 Å². The van der Waals surface area contributed by atoms with E-state index in [-0.39, 0.29) is 28.9 Å². The summed E-state index contributed by atoms with van der Waals surface area (Å²) in [6.07, 6.45) is 2.95. The van der Waals surface area contributed by atoms with Gasteiger partial charge in [-0.2, -0.15) is 0 Å². The van der Waals surface area contributed by atoms with E-state index in [1.165, 1.54) is 38.7 Å². The van der Waals surface area contributed by atoms with Crippen LogP contribution in [0.1, 0.15) is 29.9 Å². The zero-order chi connectivity index (χ0) is 27.8. The van der Waals surface area contributed by atoms with Crippen molar-refractivity contribution in [3.05, 3.63) is 88.1 Å². The number of benzene rings is 2. The molecule has 2 aromatic carbocycles. The number of amidine groups is 1. The van der Waals surface area contributed by atoms with Crippen LogP contribution in [0.3, 0.4) is 0 Å². The Kier molecular flexibility index (Phi) is 8.71. The molecule has 0 bridgehead atoms. The minimum atomic E-state index is -0.944. The van der Waals surface area contributed by atoms with Gasteiger partial charge in [-0.05, 0) is 36.4 Å². The van der Waals surface area contributed by atoms with Crippen LogP contribution in [0, 0.1) is 11.2 Å². The zero-order valence-corrected chi connectivity index (χ0v) is 20.6. The number of H-pyrrole nitrogens is 1. The molecule has 2 heterocycles. The van der Waals surface area contributed by atoms with Crippen molar-refractivity contribution in [1.29, 1.82) is 5.41 Å². The van der Waals surface area contributed by atoms with E-state index >= 15 is 4.39 Å². The molecule has 0 aliphatic heterocycles. The Balaban J connectivity index is 0.000000934. The molecule has 38 heavy (non-hydrogen) atoms. The van der Waals surface area contributed by atoms with Gasteiger partial charge in [0.25, 0.3) is 11.9 Å². The molecule has 0 aliphatic rings. The number of rotatable bonds is 8. The van der Waals surface area contributed by atoms with E-state index in [4.69, 9.17) is 30.5 Å². The highest BCUT2D eigenvalue weighted by Gasteiger charge is 2.26. The molecule has 198 valence electrons. The number of aliphatic carboxylic acids is 1. The molecule has 1 atom stereocenters. The third-order valence-electron chi connectivity index (χ3n) is 4.97. The monoisotopic (exact) mass is 524 g/mol. The molecule has 13 nitrogen and oxygen atoms in total. The third-order valence-corrected chi connectivity index (χ3v) is 4.97. The fourth-order valence-electron chi connectivity index (χ4n) is 3.30. The standard InChI is InChI=1S/C22H21FN8O3.C2H4O2/c1-33-16-10-14(15(23)11-17(16)34-2)18(28-13-6-4-12(5-7-13)19(24)25)20-29-22(32)31(30-20)21-26-8-3-9-27-21;1-2(3)4/h3-11,18,28H,1-2H3,(H3,24,25)(H,29,30,32);1H3,(H,3,4). The van der Waals surface area contributed by atoms with E-state index in [2.05, 4.69) is 25.4 Å². The van der Waals surface area contributed by atoms with Crippen LogP contribution in [0.15, 0.2) is 59.7 Å². The van der Waals surface area contributed by atoms with Crippen molar-refractivity contribution in [3.8, 4) is 17.4 Å². The Bertz CT molecular complexity index is 1470. The first kappa shape index (κ1) is 27.3. The summed E-state index contributed by atoms with van der Waals surface area (Å²) in [7, 11) is 2.84. The maximum Gasteiger partial charge on any atom is 0.350 e. The van der Waals surface area contributed by atoms with Crippen molar-refractivity contribution >= 4 is 17.5 Å². The van der Waals surface area contributed by atoms with Crippen molar-refractivity contribution in [1.82, 2.24) is 24.7 Å². The minimum absolute atomic E-state index is 0.0624. The Hall–Kier alpha value is -5.27. The van der Waals surface area contributed by atoms with Crippen LogP contribution < -0.4 is 26.2 Å². The lowest BCUT2D eigenvalue weighted by molar-refractivity contribution is -0.134. The van der Waals surface area contributed by atoms with Gasteiger partial charge in [-0.15, -0.1) is 9.78 Å². The molecule has 6 N–H and O–H groups in total. The largest absolute Gasteiger partial charge is 0.493 e. The number of hydrogen-bond donors (Lipinski definition) is 5. The summed E-state index contributed by atoms with van der Waals surface area (Å²) in [6.45, 7) is 1.08. The summed E-state index contributed by atoms with van der Waals surface area (Å²) in [5, 5.41) is 22.4. The SMILES string of the molecule is CC(=O)O.COc1cc(F)c(C(Nc2ccc(C(=N)N)cc2)c2nn(-c3ncccn3)c(=O)[nH]2)cc1OC. The third kappa shape index (κ3) is 6.48. The maximum atomic E-state index is 15.2. The van der Waals surface area contributed by atoms with Gasteiger partial charge < -0.3 is 25.6 Å². The first-order valence-electron chi connectivity index (χ1n) is 10.9. The molecule has 1 unspecified atom stereocenters.